The van der Waals surface area contributed by atoms with Crippen molar-refractivity contribution in [2.24, 2.45) is 0 Å². The predicted molar refractivity (Wildman–Crippen MR) is 101 cm³/mol. The highest BCUT2D eigenvalue weighted by Crippen LogP contribution is 2.28. The van der Waals surface area contributed by atoms with Crippen molar-refractivity contribution in [1.29, 1.82) is 0 Å². The van der Waals surface area contributed by atoms with Gasteiger partial charge in [-0.15, -0.1) is 0 Å². The van der Waals surface area contributed by atoms with Crippen molar-refractivity contribution in [1.82, 2.24) is 15.3 Å². The Balaban J connectivity index is 1.74. The molecular weight excluding hydrogens is 389 g/mol. The van der Waals surface area contributed by atoms with Crippen molar-refractivity contribution >= 4 is 41.2 Å². The van der Waals surface area contributed by atoms with E-state index in [9.17, 15) is 18.8 Å². The van der Waals surface area contributed by atoms with Crippen molar-refractivity contribution in [2.45, 2.75) is 6.10 Å². The minimum absolute atomic E-state index is 0.0193. The quantitative estimate of drug-likeness (QED) is 0.736. The highest BCUT2D eigenvalue weighted by Gasteiger charge is 2.33. The molecule has 0 aliphatic carbocycles. The third-order valence-electron chi connectivity index (χ3n) is 4.05. The number of carbonyl (C=O) groups is 3. The Hall–Kier alpha value is -3.21. The Morgan fingerprint density at radius 2 is 2.21 bits per heavy atom. The molecule has 1 aromatic heterocycles. The number of nitrogens with zero attached hydrogens (tertiary/aromatic N) is 4. The average molecular weight is 405 g/mol. The molecule has 0 unspecified atom stereocenters. The summed E-state index contributed by atoms with van der Waals surface area (Å²) in [5, 5.41) is 1.89. The van der Waals surface area contributed by atoms with E-state index in [0.717, 1.165) is 11.0 Å². The molecular formula is C17H16FN5O4S. The molecule has 146 valence electrons. The van der Waals surface area contributed by atoms with Crippen LogP contribution in [0.2, 0.25) is 0 Å². The van der Waals surface area contributed by atoms with Crippen LogP contribution in [0.5, 0.6) is 0 Å². The van der Waals surface area contributed by atoms with E-state index in [1.165, 1.54) is 42.7 Å². The van der Waals surface area contributed by atoms with Gasteiger partial charge in [0, 0.05) is 19.4 Å². The van der Waals surface area contributed by atoms with Crippen LogP contribution in [0.1, 0.15) is 10.5 Å². The monoisotopic (exact) mass is 405 g/mol. The van der Waals surface area contributed by atoms with Crippen molar-refractivity contribution in [3.63, 3.8) is 0 Å². The van der Waals surface area contributed by atoms with E-state index in [1.807, 2.05) is 0 Å². The van der Waals surface area contributed by atoms with Crippen molar-refractivity contribution in [2.75, 3.05) is 29.9 Å². The molecule has 1 aromatic carbocycles. The Labute approximate surface area is 164 Å². The molecule has 2 heterocycles. The number of hydrogen-bond acceptors (Lipinski definition) is 6. The second-order valence-corrected chi connectivity index (χ2v) is 6.30. The Morgan fingerprint density at radius 3 is 2.86 bits per heavy atom. The van der Waals surface area contributed by atoms with Crippen LogP contribution in [0.4, 0.5) is 25.4 Å². The normalized spacial score (nSPS) is 15.9. The molecule has 0 spiro atoms. The van der Waals surface area contributed by atoms with Gasteiger partial charge in [0.1, 0.15) is 17.6 Å². The fourth-order valence-corrected chi connectivity index (χ4v) is 2.76. The number of cyclic esters (lactones) is 1. The fraction of sp³-hybridized carbons (Fsp3) is 0.235. The van der Waals surface area contributed by atoms with Gasteiger partial charge in [-0.1, -0.05) is 12.6 Å². The molecule has 0 bridgehead atoms. The first-order chi connectivity index (χ1) is 13.4. The molecule has 3 rings (SSSR count). The van der Waals surface area contributed by atoms with Crippen LogP contribution in [0.15, 0.2) is 36.8 Å². The van der Waals surface area contributed by atoms with E-state index in [0.29, 0.717) is 0 Å². The summed E-state index contributed by atoms with van der Waals surface area (Å²) in [6.07, 6.45) is 2.85. The zero-order valence-electron chi connectivity index (χ0n) is 14.7. The summed E-state index contributed by atoms with van der Waals surface area (Å²) in [4.78, 5) is 45.3. The molecule has 1 fully saturated rings. The molecule has 9 nitrogen and oxygen atoms in total. The first-order valence-electron chi connectivity index (χ1n) is 8.15. The lowest BCUT2D eigenvalue weighted by Crippen LogP contribution is -2.32. The highest BCUT2D eigenvalue weighted by atomic mass is 32.1. The molecule has 28 heavy (non-hydrogen) atoms. The van der Waals surface area contributed by atoms with Gasteiger partial charge in [0.15, 0.2) is 0 Å². The number of hydrogen-bond donors (Lipinski definition) is 2. The first-order valence-corrected chi connectivity index (χ1v) is 8.60. The van der Waals surface area contributed by atoms with Gasteiger partial charge in [-0.2, -0.15) is 0 Å². The molecule has 1 saturated heterocycles. The molecule has 1 N–H and O–H groups in total. The number of nitrogens with one attached hydrogen (secondary N) is 1. The minimum Gasteiger partial charge on any atom is -0.442 e. The third kappa shape index (κ3) is 4.19. The number of amides is 3. The average Bonchev–Trinajstić information content (AvgIpc) is 3.06. The molecule has 1 aliphatic rings. The first kappa shape index (κ1) is 19.5. The lowest BCUT2D eigenvalue weighted by Gasteiger charge is -2.19. The number of halogens is 1. The number of anilines is 2. The molecule has 3 amide bonds. The number of rotatable bonds is 5. The van der Waals surface area contributed by atoms with E-state index >= 15 is 0 Å². The maximum absolute atomic E-state index is 14.6. The lowest BCUT2D eigenvalue weighted by molar-refractivity contribution is 0.0987. The standard InChI is InChI=1S/C17H16FN5O4S/c1-22(15(24)13-8-19-4-5-20-13)14-3-2-10(6-12(14)18)23-9-11(27-17(23)26)7-21-16(25)28/h2-6,8,11H,7,9H2,1H3,(H2,21,25,28)/t11-/m0/s1. The molecule has 2 aromatic rings. The fourth-order valence-electron chi connectivity index (χ4n) is 2.67. The van der Waals surface area contributed by atoms with Crippen molar-refractivity contribution in [3.05, 3.63) is 48.3 Å². The summed E-state index contributed by atoms with van der Waals surface area (Å²) in [6, 6.07) is 4.02. The second kappa shape index (κ2) is 8.21. The van der Waals surface area contributed by atoms with E-state index < -0.39 is 29.2 Å². The topological polar surface area (TPSA) is 105 Å². The third-order valence-corrected chi connectivity index (χ3v) is 4.20. The number of carbonyl (C=O) groups excluding carboxylic acids is 3. The van der Waals surface area contributed by atoms with Gasteiger partial charge in [0.2, 0.25) is 0 Å². The van der Waals surface area contributed by atoms with Crippen LogP contribution in [-0.2, 0) is 4.74 Å². The van der Waals surface area contributed by atoms with E-state index in [1.54, 1.807) is 0 Å². The van der Waals surface area contributed by atoms with E-state index in [2.05, 4.69) is 27.9 Å². The van der Waals surface area contributed by atoms with Gasteiger partial charge >= 0.3 is 6.09 Å². The summed E-state index contributed by atoms with van der Waals surface area (Å²) in [6.45, 7) is 0.237. The number of thiol groups is 1. The van der Waals surface area contributed by atoms with Gasteiger partial charge in [-0.25, -0.2) is 14.2 Å². The van der Waals surface area contributed by atoms with E-state index in [-0.39, 0.29) is 30.2 Å². The van der Waals surface area contributed by atoms with Crippen LogP contribution >= 0.6 is 12.6 Å². The summed E-state index contributed by atoms with van der Waals surface area (Å²) in [5.41, 5.74) is 0.364. The Bertz CT molecular complexity index is 914. The van der Waals surface area contributed by atoms with Crippen LogP contribution < -0.4 is 15.1 Å². The summed E-state index contributed by atoms with van der Waals surface area (Å²) in [5.74, 6) is -1.22. The van der Waals surface area contributed by atoms with Crippen molar-refractivity contribution in [3.8, 4) is 0 Å². The maximum atomic E-state index is 14.6. The smallest absolute Gasteiger partial charge is 0.414 e. The molecule has 1 aliphatic heterocycles. The van der Waals surface area contributed by atoms with Crippen LogP contribution in [0.3, 0.4) is 0 Å². The molecule has 11 heteroatoms. The molecule has 0 saturated carbocycles. The number of ether oxygens (including phenoxy) is 1. The summed E-state index contributed by atoms with van der Waals surface area (Å²) >= 11 is 3.58. The lowest BCUT2D eigenvalue weighted by atomic mass is 10.2. The maximum Gasteiger partial charge on any atom is 0.414 e. The molecule has 1 atom stereocenters. The van der Waals surface area contributed by atoms with E-state index in [4.69, 9.17) is 4.74 Å². The van der Waals surface area contributed by atoms with Gasteiger partial charge < -0.3 is 15.0 Å². The van der Waals surface area contributed by atoms with Gasteiger partial charge in [0.05, 0.1) is 30.7 Å². The Kier molecular flexibility index (Phi) is 5.73. The summed E-state index contributed by atoms with van der Waals surface area (Å²) in [7, 11) is 1.41. The van der Waals surface area contributed by atoms with Crippen LogP contribution in [0, 0.1) is 5.82 Å². The van der Waals surface area contributed by atoms with Gasteiger partial charge in [-0.05, 0) is 18.2 Å². The molecule has 0 radical (unpaired) electrons. The number of benzene rings is 1. The summed E-state index contributed by atoms with van der Waals surface area (Å²) < 4.78 is 19.8. The zero-order valence-corrected chi connectivity index (χ0v) is 15.6. The largest absolute Gasteiger partial charge is 0.442 e. The van der Waals surface area contributed by atoms with Gasteiger partial charge in [-0.3, -0.25) is 19.5 Å². The number of aromatic nitrogens is 2. The van der Waals surface area contributed by atoms with Gasteiger partial charge in [0.25, 0.3) is 11.1 Å². The second-order valence-electron chi connectivity index (χ2n) is 5.89. The zero-order chi connectivity index (χ0) is 20.3. The SMILES string of the molecule is CN(C(=O)c1cnccn1)c1ccc(N2C[C@H](CNC(=O)S)OC2=O)cc1F. The van der Waals surface area contributed by atoms with Crippen LogP contribution in [0.25, 0.3) is 0 Å². The highest BCUT2D eigenvalue weighted by molar-refractivity contribution is 7.96. The van der Waals surface area contributed by atoms with Crippen molar-refractivity contribution < 1.29 is 23.5 Å². The minimum atomic E-state index is -0.697. The predicted octanol–water partition coefficient (Wildman–Crippen LogP) is 1.86. The van der Waals surface area contributed by atoms with Crippen LogP contribution in [-0.4, -0.2) is 53.4 Å². The Morgan fingerprint density at radius 1 is 1.43 bits per heavy atom.